The Bertz CT molecular complexity index is 1190. The van der Waals surface area contributed by atoms with E-state index in [0.29, 0.717) is 12.5 Å². The summed E-state index contributed by atoms with van der Waals surface area (Å²) in [6.07, 6.45) is 5.09. The third-order valence-electron chi connectivity index (χ3n) is 10.0. The summed E-state index contributed by atoms with van der Waals surface area (Å²) in [6.45, 7) is 17.0. The molecule has 1 aromatic rings. The van der Waals surface area contributed by atoms with Gasteiger partial charge in [-0.1, -0.05) is 91.6 Å². The molecule has 1 aliphatic rings. The average Bonchev–Trinajstić information content (AvgIpc) is 3.65. The van der Waals surface area contributed by atoms with Gasteiger partial charge in [-0.25, -0.2) is 0 Å². The van der Waals surface area contributed by atoms with Crippen LogP contribution in [-0.2, 0) is 33.4 Å². The lowest BCUT2D eigenvalue weighted by Crippen LogP contribution is -2.53. The van der Waals surface area contributed by atoms with Crippen molar-refractivity contribution in [1.82, 2.24) is 25.8 Å². The fourth-order valence-electron chi connectivity index (χ4n) is 6.59. The number of likely N-dealkylation sites (N-methyl/N-ethyl adjacent to an activating group) is 4. The number of rotatable bonds is 20. The first kappa shape index (κ1) is 53.9. The largest absolute Gasteiger partial charge is 0.481 e. The molecule has 0 radical (unpaired) electrons. The number of carbonyl (C=O) groups excluding carboxylic acids is 4. The highest BCUT2D eigenvalue weighted by Gasteiger charge is 2.40. The van der Waals surface area contributed by atoms with Gasteiger partial charge in [0, 0.05) is 39.8 Å². The van der Waals surface area contributed by atoms with Crippen LogP contribution in [0.25, 0.3) is 0 Å². The van der Waals surface area contributed by atoms with E-state index in [2.05, 4.69) is 43.6 Å². The van der Waals surface area contributed by atoms with E-state index >= 15 is 0 Å². The second kappa shape index (κ2) is 30.9. The molecule has 9 atom stereocenters. The Morgan fingerprint density at radius 1 is 0.945 bits per heavy atom. The van der Waals surface area contributed by atoms with Crippen LogP contribution in [0.3, 0.4) is 0 Å². The van der Waals surface area contributed by atoms with E-state index in [9.17, 15) is 24.0 Å². The van der Waals surface area contributed by atoms with Gasteiger partial charge in [0.15, 0.2) is 0 Å². The molecule has 0 spiro atoms. The van der Waals surface area contributed by atoms with Gasteiger partial charge in [-0.05, 0) is 58.3 Å². The van der Waals surface area contributed by atoms with Crippen molar-refractivity contribution in [3.8, 4) is 0 Å². The third-order valence-corrected chi connectivity index (χ3v) is 10.0. The maximum atomic E-state index is 13.3. The summed E-state index contributed by atoms with van der Waals surface area (Å²) in [4.78, 5) is 61.8. The van der Waals surface area contributed by atoms with E-state index in [0.717, 1.165) is 37.4 Å². The molecule has 1 heterocycles. The van der Waals surface area contributed by atoms with E-state index in [4.69, 9.17) is 14.6 Å². The molecule has 0 aliphatic carbocycles. The van der Waals surface area contributed by atoms with E-state index in [-0.39, 0.29) is 66.9 Å². The van der Waals surface area contributed by atoms with E-state index in [1.807, 2.05) is 62.9 Å². The molecule has 4 N–H and O–H groups in total. The number of carboxylic acid groups (broad SMARTS) is 1. The molecule has 55 heavy (non-hydrogen) atoms. The molecule has 1 saturated heterocycles. The van der Waals surface area contributed by atoms with E-state index in [1.54, 1.807) is 47.3 Å². The number of aliphatic carboxylic acids is 1. The number of carbonyl (C=O) groups is 5. The lowest BCUT2D eigenvalue weighted by atomic mass is 9.90. The highest BCUT2D eigenvalue weighted by molar-refractivity contribution is 5.80. The molecule has 1 aliphatic heterocycles. The van der Waals surface area contributed by atoms with Crippen LogP contribution in [0, 0.1) is 17.8 Å². The number of benzene rings is 1. The summed E-state index contributed by atoms with van der Waals surface area (Å²) in [7, 11) is 10.3. The summed E-state index contributed by atoms with van der Waals surface area (Å²) in [5, 5.41) is 17.8. The Labute approximate surface area is 333 Å². The van der Waals surface area contributed by atoms with Crippen LogP contribution in [0.1, 0.15) is 99.0 Å². The van der Waals surface area contributed by atoms with Crippen LogP contribution in [0.2, 0.25) is 0 Å². The number of aldehydes is 2. The van der Waals surface area contributed by atoms with Gasteiger partial charge in [-0.3, -0.25) is 14.4 Å². The number of nitrogens with one attached hydrogen (secondary N) is 3. The molecule has 2 rings (SSSR count). The van der Waals surface area contributed by atoms with Gasteiger partial charge in [0.2, 0.25) is 11.8 Å². The van der Waals surface area contributed by atoms with Crippen molar-refractivity contribution in [1.29, 1.82) is 0 Å². The lowest BCUT2D eigenvalue weighted by Gasteiger charge is -2.39. The number of ether oxygens (including phenoxy) is 2. The first-order valence-electron chi connectivity index (χ1n) is 19.8. The predicted octanol–water partition coefficient (Wildman–Crippen LogP) is 4.63. The summed E-state index contributed by atoms with van der Waals surface area (Å²) >= 11 is 0. The minimum absolute atomic E-state index is 0.0210. The van der Waals surface area contributed by atoms with Crippen molar-refractivity contribution >= 4 is 30.4 Å². The molecular weight excluding hydrogens is 702 g/mol. The molecule has 1 aromatic carbocycles. The van der Waals surface area contributed by atoms with Crippen molar-refractivity contribution in [2.24, 2.45) is 17.8 Å². The predicted molar refractivity (Wildman–Crippen MR) is 221 cm³/mol. The van der Waals surface area contributed by atoms with E-state index < -0.39 is 18.0 Å². The molecule has 0 saturated carbocycles. The summed E-state index contributed by atoms with van der Waals surface area (Å²) in [5.41, 5.74) is 0.835. The second-order valence-corrected chi connectivity index (χ2v) is 14.6. The molecule has 13 heteroatoms. The Kier molecular flexibility index (Phi) is 30.3. The molecule has 2 amide bonds. The molecule has 9 unspecified atom stereocenters. The third kappa shape index (κ3) is 19.0. The molecule has 0 bridgehead atoms. The van der Waals surface area contributed by atoms with E-state index in [1.165, 1.54) is 6.42 Å². The van der Waals surface area contributed by atoms with Gasteiger partial charge in [0.1, 0.15) is 12.6 Å². The fourth-order valence-corrected chi connectivity index (χ4v) is 6.59. The Hall–Kier alpha value is -3.23. The van der Waals surface area contributed by atoms with Crippen LogP contribution in [0.4, 0.5) is 0 Å². The monoisotopic (exact) mass is 780 g/mol. The second-order valence-electron chi connectivity index (χ2n) is 14.6. The van der Waals surface area contributed by atoms with Crippen LogP contribution in [0.15, 0.2) is 30.3 Å². The van der Waals surface area contributed by atoms with Crippen molar-refractivity contribution in [2.75, 3.05) is 55.5 Å². The quantitative estimate of drug-likeness (QED) is 0.136. The molecule has 13 nitrogen and oxygen atoms in total. The average molecular weight is 780 g/mol. The number of hydrogen-bond donors (Lipinski definition) is 4. The Morgan fingerprint density at radius 2 is 1.53 bits per heavy atom. The van der Waals surface area contributed by atoms with Crippen LogP contribution < -0.4 is 16.0 Å². The number of likely N-dealkylation sites (tertiary alicyclic amines) is 1. The Balaban J connectivity index is 0. The maximum absolute atomic E-state index is 13.3. The van der Waals surface area contributed by atoms with Crippen molar-refractivity contribution in [3.63, 3.8) is 0 Å². The highest BCUT2D eigenvalue weighted by atomic mass is 16.5. The molecular formula is C42H77N5O8. The van der Waals surface area contributed by atoms with Gasteiger partial charge < -0.3 is 49.9 Å². The topological polar surface area (TPSA) is 167 Å². The van der Waals surface area contributed by atoms with Crippen LogP contribution in [0.5, 0.6) is 0 Å². The minimum atomic E-state index is -0.793. The SMILES string of the molecule is CCC.CCC(C)C(C(CC(=O)N1CCCC1C(OC)C(C)C=O)OC)N(C)C(=O)CNC.CNC(C)C(C(=O)O)c1ccccc1.CNC(C=O)C(C)C. The summed E-state index contributed by atoms with van der Waals surface area (Å²) in [6, 6.07) is 8.89. The number of carboxylic acids is 1. The van der Waals surface area contributed by atoms with Gasteiger partial charge in [-0.2, -0.15) is 0 Å². The highest BCUT2D eigenvalue weighted by Crippen LogP contribution is 2.28. The van der Waals surface area contributed by atoms with Crippen molar-refractivity contribution < 1.29 is 38.6 Å². The number of hydrogen-bond acceptors (Lipinski definition) is 10. The first-order chi connectivity index (χ1) is 26.1. The molecule has 0 aromatic heterocycles. The maximum Gasteiger partial charge on any atom is 0.312 e. The van der Waals surface area contributed by atoms with Crippen LogP contribution >= 0.6 is 0 Å². The molecule has 1 fully saturated rings. The lowest BCUT2D eigenvalue weighted by molar-refractivity contribution is -0.144. The zero-order valence-electron chi connectivity index (χ0n) is 36.5. The van der Waals surface area contributed by atoms with Gasteiger partial charge in [-0.15, -0.1) is 0 Å². The van der Waals surface area contributed by atoms with Crippen molar-refractivity contribution in [2.45, 2.75) is 130 Å². The Morgan fingerprint density at radius 3 is 1.91 bits per heavy atom. The first-order valence-corrected chi connectivity index (χ1v) is 19.8. The minimum Gasteiger partial charge on any atom is -0.481 e. The van der Waals surface area contributed by atoms with Crippen LogP contribution in [-0.4, -0.2) is 137 Å². The summed E-state index contributed by atoms with van der Waals surface area (Å²) < 4.78 is 11.3. The smallest absolute Gasteiger partial charge is 0.312 e. The number of methoxy groups -OCH3 is 2. The van der Waals surface area contributed by atoms with Crippen molar-refractivity contribution in [3.05, 3.63) is 35.9 Å². The number of nitrogens with zero attached hydrogens (tertiary/aromatic N) is 2. The standard InChI is InChI=1S/C22H41N3O5.C11H15NO2.C6H13NO.C3H8/c1-8-15(2)21(24(5)20(28)13-23-4)18(29-6)12-19(27)25-11-9-10-17(25)22(30-7)16(3)14-26;1-8(12-2)10(11(13)14)9-6-4-3-5-7-9;1-5(2)6(4-8)7-3;1-3-2/h14-18,21-23H,8-13H2,1-7H3;3-8,10,12H,1-2H3,(H,13,14);4-7H,1-3H3;3H2,1-2H3. The normalized spacial score (nSPS) is 17.9. The van der Waals surface area contributed by atoms with Gasteiger partial charge in [0.25, 0.3) is 0 Å². The zero-order chi connectivity index (χ0) is 42.7. The fraction of sp³-hybridized carbons (Fsp3) is 0.738. The van der Waals surface area contributed by atoms with Gasteiger partial charge >= 0.3 is 5.97 Å². The summed E-state index contributed by atoms with van der Waals surface area (Å²) in [5.74, 6) is -1.05. The zero-order valence-corrected chi connectivity index (χ0v) is 36.5. The number of amides is 2. The van der Waals surface area contributed by atoms with Gasteiger partial charge in [0.05, 0.1) is 49.2 Å². The molecule has 318 valence electrons.